The second-order valence-corrected chi connectivity index (χ2v) is 3.69. The van der Waals surface area contributed by atoms with E-state index in [0.717, 1.165) is 25.3 Å². The maximum atomic E-state index is 4.25. The summed E-state index contributed by atoms with van der Waals surface area (Å²) < 4.78 is 1.92. The van der Waals surface area contributed by atoms with E-state index < -0.39 is 0 Å². The maximum absolute atomic E-state index is 4.25. The number of rotatable bonds is 5. The SMILES string of the molecule is Cc1ncccc1CNCCn1cccn1. The molecule has 84 valence electrons. The van der Waals surface area contributed by atoms with Crippen molar-refractivity contribution in [3.63, 3.8) is 0 Å². The molecule has 2 aromatic heterocycles. The Labute approximate surface area is 95.3 Å². The highest BCUT2D eigenvalue weighted by molar-refractivity contribution is 5.17. The van der Waals surface area contributed by atoms with Crippen LogP contribution in [-0.2, 0) is 13.1 Å². The van der Waals surface area contributed by atoms with Gasteiger partial charge in [0.05, 0.1) is 6.54 Å². The molecule has 2 heterocycles. The highest BCUT2D eigenvalue weighted by atomic mass is 15.3. The van der Waals surface area contributed by atoms with Crippen molar-refractivity contribution in [3.05, 3.63) is 48.0 Å². The van der Waals surface area contributed by atoms with Crippen molar-refractivity contribution < 1.29 is 0 Å². The molecule has 0 aliphatic carbocycles. The zero-order valence-electron chi connectivity index (χ0n) is 9.43. The topological polar surface area (TPSA) is 42.7 Å². The summed E-state index contributed by atoms with van der Waals surface area (Å²) in [6.07, 6.45) is 5.59. The number of nitrogens with one attached hydrogen (secondary N) is 1. The summed E-state index contributed by atoms with van der Waals surface area (Å²) in [4.78, 5) is 4.25. The molecule has 0 aromatic carbocycles. The Balaban J connectivity index is 1.74. The molecule has 4 heteroatoms. The van der Waals surface area contributed by atoms with Crippen molar-refractivity contribution in [2.24, 2.45) is 0 Å². The Hall–Kier alpha value is -1.68. The molecule has 0 amide bonds. The zero-order chi connectivity index (χ0) is 11.2. The molecule has 16 heavy (non-hydrogen) atoms. The van der Waals surface area contributed by atoms with Crippen LogP contribution in [0.2, 0.25) is 0 Å². The van der Waals surface area contributed by atoms with Gasteiger partial charge < -0.3 is 5.32 Å². The van der Waals surface area contributed by atoms with Gasteiger partial charge in [-0.2, -0.15) is 5.10 Å². The van der Waals surface area contributed by atoms with E-state index in [4.69, 9.17) is 0 Å². The molecule has 2 aromatic rings. The molecule has 2 rings (SSSR count). The van der Waals surface area contributed by atoms with E-state index in [1.165, 1.54) is 5.56 Å². The maximum Gasteiger partial charge on any atom is 0.0534 e. The van der Waals surface area contributed by atoms with Crippen molar-refractivity contribution >= 4 is 0 Å². The van der Waals surface area contributed by atoms with Crippen molar-refractivity contribution in [1.82, 2.24) is 20.1 Å². The summed E-state index contributed by atoms with van der Waals surface area (Å²) >= 11 is 0. The van der Waals surface area contributed by atoms with Crippen LogP contribution < -0.4 is 5.32 Å². The van der Waals surface area contributed by atoms with Crippen molar-refractivity contribution in [2.75, 3.05) is 6.54 Å². The van der Waals surface area contributed by atoms with E-state index in [2.05, 4.69) is 21.5 Å². The molecule has 0 unspecified atom stereocenters. The molecule has 0 saturated carbocycles. The minimum Gasteiger partial charge on any atom is -0.311 e. The third-order valence-corrected chi connectivity index (χ3v) is 2.51. The van der Waals surface area contributed by atoms with E-state index in [0.29, 0.717) is 0 Å². The third-order valence-electron chi connectivity index (χ3n) is 2.51. The Kier molecular flexibility index (Phi) is 3.66. The van der Waals surface area contributed by atoms with Crippen LogP contribution in [0.4, 0.5) is 0 Å². The van der Waals surface area contributed by atoms with Crippen LogP contribution in [0, 0.1) is 6.92 Å². The number of nitrogens with zero attached hydrogens (tertiary/aromatic N) is 3. The molecule has 0 aliphatic heterocycles. The fraction of sp³-hybridized carbons (Fsp3) is 0.333. The quantitative estimate of drug-likeness (QED) is 0.768. The van der Waals surface area contributed by atoms with Crippen LogP contribution in [0.25, 0.3) is 0 Å². The van der Waals surface area contributed by atoms with Gasteiger partial charge in [-0.05, 0) is 24.6 Å². The number of hydrogen-bond acceptors (Lipinski definition) is 3. The number of hydrogen-bond donors (Lipinski definition) is 1. The van der Waals surface area contributed by atoms with E-state index in [-0.39, 0.29) is 0 Å². The van der Waals surface area contributed by atoms with Gasteiger partial charge in [-0.25, -0.2) is 0 Å². The summed E-state index contributed by atoms with van der Waals surface area (Å²) in [5.74, 6) is 0. The molecule has 0 atom stereocenters. The number of aryl methyl sites for hydroxylation is 1. The first kappa shape index (κ1) is 10.8. The first-order chi connectivity index (χ1) is 7.86. The van der Waals surface area contributed by atoms with E-state index in [1.807, 2.05) is 36.1 Å². The summed E-state index contributed by atoms with van der Waals surface area (Å²) in [6, 6.07) is 6.01. The first-order valence-electron chi connectivity index (χ1n) is 5.45. The van der Waals surface area contributed by atoms with E-state index in [9.17, 15) is 0 Å². The van der Waals surface area contributed by atoms with Crippen molar-refractivity contribution in [3.8, 4) is 0 Å². The third kappa shape index (κ3) is 2.90. The lowest BCUT2D eigenvalue weighted by Crippen LogP contribution is -2.20. The molecule has 4 nitrogen and oxygen atoms in total. The van der Waals surface area contributed by atoms with Gasteiger partial charge >= 0.3 is 0 Å². The number of aromatic nitrogens is 3. The molecular formula is C12H16N4. The Morgan fingerprint density at radius 1 is 1.31 bits per heavy atom. The van der Waals surface area contributed by atoms with Crippen LogP contribution >= 0.6 is 0 Å². The Bertz CT molecular complexity index is 422. The van der Waals surface area contributed by atoms with Gasteiger partial charge in [0.2, 0.25) is 0 Å². The fourth-order valence-corrected chi connectivity index (χ4v) is 1.55. The fourth-order valence-electron chi connectivity index (χ4n) is 1.55. The lowest BCUT2D eigenvalue weighted by molar-refractivity contribution is 0.554. The first-order valence-corrected chi connectivity index (χ1v) is 5.45. The average Bonchev–Trinajstić information content (AvgIpc) is 2.79. The van der Waals surface area contributed by atoms with E-state index >= 15 is 0 Å². The lowest BCUT2D eigenvalue weighted by atomic mass is 10.2. The second kappa shape index (κ2) is 5.42. The van der Waals surface area contributed by atoms with Crippen LogP contribution in [0.3, 0.4) is 0 Å². The van der Waals surface area contributed by atoms with Gasteiger partial charge in [-0.15, -0.1) is 0 Å². The highest BCUT2D eigenvalue weighted by Crippen LogP contribution is 2.02. The molecular weight excluding hydrogens is 200 g/mol. The summed E-state index contributed by atoms with van der Waals surface area (Å²) in [6.45, 7) is 4.70. The molecule has 0 radical (unpaired) electrons. The Morgan fingerprint density at radius 3 is 3.00 bits per heavy atom. The Morgan fingerprint density at radius 2 is 2.25 bits per heavy atom. The molecule has 0 spiro atoms. The van der Waals surface area contributed by atoms with Gasteiger partial charge in [0, 0.05) is 37.4 Å². The average molecular weight is 216 g/mol. The van der Waals surface area contributed by atoms with Gasteiger partial charge in [0.1, 0.15) is 0 Å². The minimum atomic E-state index is 0.862. The standard InChI is InChI=1S/C12H16N4/c1-11-12(4-2-5-14-11)10-13-7-9-16-8-3-6-15-16/h2-6,8,13H,7,9-10H2,1H3. The normalized spacial score (nSPS) is 10.6. The monoisotopic (exact) mass is 216 g/mol. The van der Waals surface area contributed by atoms with Gasteiger partial charge in [0.25, 0.3) is 0 Å². The molecule has 0 bridgehead atoms. The number of pyridine rings is 1. The summed E-state index contributed by atoms with van der Waals surface area (Å²) in [7, 11) is 0. The largest absolute Gasteiger partial charge is 0.311 e. The van der Waals surface area contributed by atoms with Crippen LogP contribution in [0.1, 0.15) is 11.3 Å². The van der Waals surface area contributed by atoms with Crippen molar-refractivity contribution in [1.29, 1.82) is 0 Å². The molecule has 1 N–H and O–H groups in total. The van der Waals surface area contributed by atoms with Gasteiger partial charge in [-0.3, -0.25) is 9.67 Å². The second-order valence-electron chi connectivity index (χ2n) is 3.69. The van der Waals surface area contributed by atoms with Crippen LogP contribution in [0.15, 0.2) is 36.8 Å². The summed E-state index contributed by atoms with van der Waals surface area (Å²) in [5, 5.41) is 7.52. The predicted octanol–water partition coefficient (Wildman–Crippen LogP) is 1.38. The van der Waals surface area contributed by atoms with E-state index in [1.54, 1.807) is 6.20 Å². The summed E-state index contributed by atoms with van der Waals surface area (Å²) in [5.41, 5.74) is 2.34. The molecule has 0 aliphatic rings. The van der Waals surface area contributed by atoms with Crippen LogP contribution in [0.5, 0.6) is 0 Å². The molecule has 0 fully saturated rings. The highest BCUT2D eigenvalue weighted by Gasteiger charge is 1.97. The zero-order valence-corrected chi connectivity index (χ0v) is 9.43. The lowest BCUT2D eigenvalue weighted by Gasteiger charge is -2.06. The van der Waals surface area contributed by atoms with Gasteiger partial charge in [-0.1, -0.05) is 6.07 Å². The van der Waals surface area contributed by atoms with Gasteiger partial charge in [0.15, 0.2) is 0 Å². The van der Waals surface area contributed by atoms with Crippen LogP contribution in [-0.4, -0.2) is 21.3 Å². The van der Waals surface area contributed by atoms with Crippen molar-refractivity contribution in [2.45, 2.75) is 20.0 Å². The predicted molar refractivity (Wildman–Crippen MR) is 62.9 cm³/mol. The molecule has 0 saturated heterocycles. The minimum absolute atomic E-state index is 0.862. The smallest absolute Gasteiger partial charge is 0.0534 e.